The van der Waals surface area contributed by atoms with Gasteiger partial charge < -0.3 is 9.84 Å². The van der Waals surface area contributed by atoms with Crippen molar-refractivity contribution >= 4 is 5.97 Å². The van der Waals surface area contributed by atoms with E-state index in [1.807, 2.05) is 13.8 Å². The van der Waals surface area contributed by atoms with Crippen molar-refractivity contribution in [2.24, 2.45) is 0 Å². The van der Waals surface area contributed by atoms with Crippen molar-refractivity contribution in [3.05, 3.63) is 11.6 Å². The second-order valence-electron chi connectivity index (χ2n) is 2.43. The highest BCUT2D eigenvalue weighted by atomic mass is 16.5. The molecule has 0 bridgehead atoms. The van der Waals surface area contributed by atoms with E-state index in [0.29, 0.717) is 12.2 Å². The van der Waals surface area contributed by atoms with Crippen molar-refractivity contribution in [3.63, 3.8) is 0 Å². The molecule has 0 amide bonds. The molecule has 0 fully saturated rings. The predicted octanol–water partition coefficient (Wildman–Crippen LogP) is 1.27. The van der Waals surface area contributed by atoms with E-state index in [2.05, 4.69) is 0 Å². The zero-order valence-electron chi connectivity index (χ0n) is 7.67. The molecule has 0 aromatic rings. The SMILES string of the molecule is CCC=C(CO)C(=O)OCCC. The standard InChI is InChI=1S/C9H16O3/c1-3-5-8(7-10)9(11)12-6-4-2/h5,10H,3-4,6-7H2,1-2H3. The highest BCUT2D eigenvalue weighted by Gasteiger charge is 2.07. The summed E-state index contributed by atoms with van der Waals surface area (Å²) >= 11 is 0. The van der Waals surface area contributed by atoms with Crippen molar-refractivity contribution in [3.8, 4) is 0 Å². The number of hydrogen-bond acceptors (Lipinski definition) is 3. The van der Waals surface area contributed by atoms with Crippen molar-refractivity contribution < 1.29 is 14.6 Å². The third-order valence-electron chi connectivity index (χ3n) is 1.32. The molecule has 0 saturated heterocycles. The molecular weight excluding hydrogens is 156 g/mol. The molecular formula is C9H16O3. The summed E-state index contributed by atoms with van der Waals surface area (Å²) in [6, 6.07) is 0. The molecule has 0 heterocycles. The Morgan fingerprint density at radius 2 is 2.17 bits per heavy atom. The topological polar surface area (TPSA) is 46.5 Å². The van der Waals surface area contributed by atoms with Gasteiger partial charge in [0.1, 0.15) is 0 Å². The van der Waals surface area contributed by atoms with Crippen LogP contribution in [0.4, 0.5) is 0 Å². The second-order valence-corrected chi connectivity index (χ2v) is 2.43. The number of esters is 1. The normalized spacial score (nSPS) is 11.4. The van der Waals surface area contributed by atoms with Crippen LogP contribution in [0.25, 0.3) is 0 Å². The Morgan fingerprint density at radius 1 is 1.50 bits per heavy atom. The van der Waals surface area contributed by atoms with Crippen LogP contribution in [0.1, 0.15) is 26.7 Å². The zero-order chi connectivity index (χ0) is 9.40. The summed E-state index contributed by atoms with van der Waals surface area (Å²) in [6.45, 7) is 4.01. The first-order valence-corrected chi connectivity index (χ1v) is 4.23. The quantitative estimate of drug-likeness (QED) is 0.501. The lowest BCUT2D eigenvalue weighted by Gasteiger charge is -2.03. The molecule has 70 valence electrons. The average Bonchev–Trinajstić information content (AvgIpc) is 2.10. The Hall–Kier alpha value is -0.830. The summed E-state index contributed by atoms with van der Waals surface area (Å²) in [7, 11) is 0. The molecule has 0 aromatic heterocycles. The summed E-state index contributed by atoms with van der Waals surface area (Å²) in [5, 5.41) is 8.76. The molecule has 3 heteroatoms. The zero-order valence-corrected chi connectivity index (χ0v) is 7.67. The van der Waals surface area contributed by atoms with Gasteiger partial charge in [0.25, 0.3) is 0 Å². The minimum atomic E-state index is -0.402. The van der Waals surface area contributed by atoms with Gasteiger partial charge in [-0.15, -0.1) is 0 Å². The summed E-state index contributed by atoms with van der Waals surface area (Å²) in [5.74, 6) is -0.402. The van der Waals surface area contributed by atoms with Gasteiger partial charge in [-0.2, -0.15) is 0 Å². The third kappa shape index (κ3) is 4.13. The van der Waals surface area contributed by atoms with Crippen LogP contribution in [0.15, 0.2) is 11.6 Å². The van der Waals surface area contributed by atoms with Crippen molar-refractivity contribution in [1.82, 2.24) is 0 Å². The van der Waals surface area contributed by atoms with Crippen LogP contribution in [0, 0.1) is 0 Å². The van der Waals surface area contributed by atoms with E-state index < -0.39 is 5.97 Å². The van der Waals surface area contributed by atoms with Crippen molar-refractivity contribution in [2.75, 3.05) is 13.2 Å². The minimum absolute atomic E-state index is 0.240. The van der Waals surface area contributed by atoms with E-state index in [1.165, 1.54) is 0 Å². The van der Waals surface area contributed by atoms with Crippen molar-refractivity contribution in [2.45, 2.75) is 26.7 Å². The molecule has 12 heavy (non-hydrogen) atoms. The monoisotopic (exact) mass is 172 g/mol. The molecule has 0 radical (unpaired) electrons. The van der Waals surface area contributed by atoms with Gasteiger partial charge in [-0.1, -0.05) is 19.9 Å². The van der Waals surface area contributed by atoms with Gasteiger partial charge in [0.15, 0.2) is 0 Å². The molecule has 0 aliphatic heterocycles. The molecule has 1 N–H and O–H groups in total. The van der Waals surface area contributed by atoms with E-state index in [-0.39, 0.29) is 6.61 Å². The fraction of sp³-hybridized carbons (Fsp3) is 0.667. The number of aliphatic hydroxyl groups excluding tert-OH is 1. The number of rotatable bonds is 5. The first kappa shape index (κ1) is 11.2. The Kier molecular flexibility index (Phi) is 6.38. The number of aliphatic hydroxyl groups is 1. The van der Waals surface area contributed by atoms with E-state index >= 15 is 0 Å². The highest BCUT2D eigenvalue weighted by molar-refractivity contribution is 5.88. The smallest absolute Gasteiger partial charge is 0.336 e. The largest absolute Gasteiger partial charge is 0.462 e. The van der Waals surface area contributed by atoms with Crippen LogP contribution in [0.5, 0.6) is 0 Å². The van der Waals surface area contributed by atoms with Gasteiger partial charge in [-0.25, -0.2) is 4.79 Å². The number of ether oxygens (including phenoxy) is 1. The summed E-state index contributed by atoms with van der Waals surface area (Å²) in [4.78, 5) is 11.1. The number of carbonyl (C=O) groups is 1. The van der Waals surface area contributed by atoms with Crippen LogP contribution in [0.2, 0.25) is 0 Å². The summed E-state index contributed by atoms with van der Waals surface area (Å²) in [6.07, 6.45) is 3.21. The third-order valence-corrected chi connectivity index (χ3v) is 1.32. The Labute approximate surface area is 73.0 Å². The predicted molar refractivity (Wildman–Crippen MR) is 46.7 cm³/mol. The maximum Gasteiger partial charge on any atom is 0.336 e. The number of carbonyl (C=O) groups excluding carboxylic acids is 1. The Morgan fingerprint density at radius 3 is 2.58 bits per heavy atom. The van der Waals surface area contributed by atoms with Gasteiger partial charge in [-0.3, -0.25) is 0 Å². The molecule has 0 rings (SSSR count). The van der Waals surface area contributed by atoms with Crippen LogP contribution in [-0.4, -0.2) is 24.3 Å². The summed E-state index contributed by atoms with van der Waals surface area (Å²) < 4.78 is 4.83. The summed E-state index contributed by atoms with van der Waals surface area (Å²) in [5.41, 5.74) is 0.353. The van der Waals surface area contributed by atoms with Crippen LogP contribution >= 0.6 is 0 Å². The van der Waals surface area contributed by atoms with E-state index in [4.69, 9.17) is 9.84 Å². The van der Waals surface area contributed by atoms with Crippen molar-refractivity contribution in [1.29, 1.82) is 0 Å². The molecule has 0 unspecified atom stereocenters. The second kappa shape index (κ2) is 6.85. The molecule has 0 saturated carbocycles. The maximum absolute atomic E-state index is 11.1. The van der Waals surface area contributed by atoms with Gasteiger partial charge in [0.2, 0.25) is 0 Å². The van der Waals surface area contributed by atoms with E-state index in [9.17, 15) is 4.79 Å². The fourth-order valence-corrected chi connectivity index (χ4v) is 0.746. The highest BCUT2D eigenvalue weighted by Crippen LogP contribution is 1.99. The average molecular weight is 172 g/mol. The minimum Gasteiger partial charge on any atom is -0.462 e. The maximum atomic E-state index is 11.1. The lowest BCUT2D eigenvalue weighted by atomic mass is 10.2. The molecule has 0 aliphatic rings. The fourth-order valence-electron chi connectivity index (χ4n) is 0.746. The van der Waals surface area contributed by atoms with Crippen LogP contribution < -0.4 is 0 Å². The molecule has 0 atom stereocenters. The van der Waals surface area contributed by atoms with Gasteiger partial charge >= 0.3 is 5.97 Å². The molecule has 0 aliphatic carbocycles. The van der Waals surface area contributed by atoms with Gasteiger partial charge in [-0.05, 0) is 12.8 Å². The Balaban J connectivity index is 3.95. The molecule has 0 spiro atoms. The molecule has 0 aromatic carbocycles. The lowest BCUT2D eigenvalue weighted by Crippen LogP contribution is -2.11. The number of hydrogen-bond donors (Lipinski definition) is 1. The van der Waals surface area contributed by atoms with E-state index in [1.54, 1.807) is 6.08 Å². The van der Waals surface area contributed by atoms with Gasteiger partial charge in [0, 0.05) is 0 Å². The van der Waals surface area contributed by atoms with E-state index in [0.717, 1.165) is 12.8 Å². The first-order valence-electron chi connectivity index (χ1n) is 4.23. The Bertz CT molecular complexity index is 161. The lowest BCUT2D eigenvalue weighted by molar-refractivity contribution is -0.139. The van der Waals surface area contributed by atoms with Crippen LogP contribution in [-0.2, 0) is 9.53 Å². The molecule has 3 nitrogen and oxygen atoms in total. The van der Waals surface area contributed by atoms with Crippen LogP contribution in [0.3, 0.4) is 0 Å². The van der Waals surface area contributed by atoms with Gasteiger partial charge in [0.05, 0.1) is 18.8 Å². The number of allylic oxidation sites excluding steroid dienone is 1. The first-order chi connectivity index (χ1) is 5.76.